The van der Waals surface area contributed by atoms with Crippen molar-refractivity contribution in [3.8, 4) is 0 Å². The van der Waals surface area contributed by atoms with Crippen LogP contribution in [0.2, 0.25) is 12.1 Å². The van der Waals surface area contributed by atoms with Crippen LogP contribution in [-0.4, -0.2) is 30.3 Å². The third kappa shape index (κ3) is 4.46. The molecule has 4 aliphatic rings. The monoisotopic (exact) mass is 445 g/mol. The lowest BCUT2D eigenvalue weighted by molar-refractivity contribution is -0.132. The Morgan fingerprint density at radius 2 is 1.83 bits per heavy atom. The molecule has 0 amide bonds. The van der Waals surface area contributed by atoms with Gasteiger partial charge in [-0.05, 0) is 59.9 Å². The summed E-state index contributed by atoms with van der Waals surface area (Å²) in [6.45, 7) is 8.58. The van der Waals surface area contributed by atoms with Gasteiger partial charge in [0, 0.05) is 17.1 Å². The fourth-order valence-electron chi connectivity index (χ4n) is 7.55. The van der Waals surface area contributed by atoms with Crippen molar-refractivity contribution in [1.29, 1.82) is 0 Å². The summed E-state index contributed by atoms with van der Waals surface area (Å²) in [5.41, 5.74) is 0. The van der Waals surface area contributed by atoms with Gasteiger partial charge in [-0.3, -0.25) is 4.79 Å². The van der Waals surface area contributed by atoms with Gasteiger partial charge in [-0.2, -0.15) is 25.3 Å². The van der Waals surface area contributed by atoms with Crippen molar-refractivity contribution in [3.05, 3.63) is 0 Å². The fourth-order valence-corrected chi connectivity index (χ4v) is 9.02. The first-order valence-corrected chi connectivity index (χ1v) is 13.7. The van der Waals surface area contributed by atoms with Crippen LogP contribution in [0.15, 0.2) is 0 Å². The zero-order chi connectivity index (χ0) is 22.1. The van der Waals surface area contributed by atoms with E-state index in [1.807, 2.05) is 13.8 Å². The van der Waals surface area contributed by atoms with E-state index >= 15 is 0 Å². The molecule has 167 valence electrons. The van der Waals surface area contributed by atoms with E-state index in [0.29, 0.717) is 29.5 Å². The highest BCUT2D eigenvalue weighted by molar-refractivity contribution is 7.83. The van der Waals surface area contributed by atoms with Crippen LogP contribution in [0.25, 0.3) is 0 Å². The molecule has 0 aromatic rings. The molecule has 0 N–H and O–H groups in total. The first kappa shape index (κ1) is 25.1. The number of carbonyl (C=O) groups excluding carboxylic acids is 1. The van der Waals surface area contributed by atoms with E-state index in [1.165, 1.54) is 38.5 Å². The first-order valence-electron chi connectivity index (χ1n) is 12.8. The third-order valence-electron chi connectivity index (χ3n) is 8.94. The van der Waals surface area contributed by atoms with Crippen LogP contribution in [-0.2, 0) is 4.79 Å². The molecule has 3 radical (unpaired) electrons. The molecule has 0 bridgehead atoms. The van der Waals surface area contributed by atoms with Crippen LogP contribution in [0.5, 0.6) is 0 Å². The lowest BCUT2D eigenvalue weighted by Crippen LogP contribution is -2.61. The number of ketones is 1. The number of carbonyl (C=O) groups is 1. The molecular weight excluding hydrogens is 402 g/mol. The second-order valence-corrected chi connectivity index (χ2v) is 12.4. The minimum absolute atomic E-state index is 0.0681. The topological polar surface area (TPSA) is 17.1 Å². The second kappa shape index (κ2) is 10.2. The van der Waals surface area contributed by atoms with Gasteiger partial charge in [-0.25, -0.2) is 0 Å². The average Bonchev–Trinajstić information content (AvgIpc) is 3.07. The van der Waals surface area contributed by atoms with Crippen LogP contribution in [0, 0.1) is 35.5 Å². The molecule has 3 saturated carbocycles. The molecule has 3 aliphatic carbocycles. The quantitative estimate of drug-likeness (QED) is 0.358. The summed E-state index contributed by atoms with van der Waals surface area (Å²) in [4.78, 5) is 13.1. The van der Waals surface area contributed by atoms with Gasteiger partial charge in [0.05, 0.1) is 7.85 Å². The second-order valence-electron chi connectivity index (χ2n) is 10.8. The number of Topliss-reactive ketones (excluding diaryl/α,β-unsaturated/α-hetero) is 1. The summed E-state index contributed by atoms with van der Waals surface area (Å²) in [5.74, 6) is 3.67. The molecule has 4 fully saturated rings. The molecule has 1 nitrogen and oxygen atoms in total. The molecule has 1 heterocycles. The smallest absolute Gasteiger partial charge is 0.137 e. The van der Waals surface area contributed by atoms with Crippen molar-refractivity contribution in [3.63, 3.8) is 0 Å². The van der Waals surface area contributed by atoms with E-state index < -0.39 is 0 Å². The highest BCUT2D eigenvalue weighted by Gasteiger charge is 2.62. The maximum Gasteiger partial charge on any atom is 0.137 e. The molecule has 0 aromatic heterocycles. The molecule has 1 aliphatic heterocycles. The van der Waals surface area contributed by atoms with E-state index in [-0.39, 0.29) is 21.1 Å². The van der Waals surface area contributed by atoms with Crippen molar-refractivity contribution in [1.82, 2.24) is 0 Å². The van der Waals surface area contributed by atoms with Crippen molar-refractivity contribution >= 4 is 46.2 Å². The van der Waals surface area contributed by atoms with E-state index in [1.54, 1.807) is 0 Å². The van der Waals surface area contributed by atoms with Gasteiger partial charge in [-0.1, -0.05) is 71.9 Å². The number of thiol groups is 2. The summed E-state index contributed by atoms with van der Waals surface area (Å²) < 4.78 is -0.147. The molecule has 8 atom stereocenters. The van der Waals surface area contributed by atoms with Crippen LogP contribution < -0.4 is 0 Å². The highest BCUT2D eigenvalue weighted by Crippen LogP contribution is 2.64. The third-order valence-corrected chi connectivity index (χ3v) is 10.6. The van der Waals surface area contributed by atoms with Crippen LogP contribution in [0.1, 0.15) is 91.9 Å². The lowest BCUT2D eigenvalue weighted by atomic mass is 9.38. The zero-order valence-corrected chi connectivity index (χ0v) is 21.6. The lowest BCUT2D eigenvalue weighted by Gasteiger charge is -2.59. The standard InChI is InChI=1S/C23H37B2OS2.C2H6/c1-14(2)6-5-8-20(24)17-10-9-16-15-12-21(26)18-7-3-4-11-22(18,27)19(15)13-25-23(16,17)28;1-2/h14-20,27-28H,3-13H2,1-2H3;1-2H3. The van der Waals surface area contributed by atoms with Crippen LogP contribution in [0.4, 0.5) is 0 Å². The van der Waals surface area contributed by atoms with Gasteiger partial charge < -0.3 is 0 Å². The SMILES string of the molecule is CC.[B]C(CCCC(C)C)C1CCC2C3CC(=O)C4CCCCC4(S)C3C[B]C12S. The van der Waals surface area contributed by atoms with Crippen LogP contribution in [0.3, 0.4) is 0 Å². The summed E-state index contributed by atoms with van der Waals surface area (Å²) >= 11 is 10.6. The Morgan fingerprint density at radius 1 is 1.10 bits per heavy atom. The van der Waals surface area contributed by atoms with Crippen LogP contribution >= 0.6 is 25.3 Å². The Bertz CT molecular complexity index is 600. The summed E-state index contributed by atoms with van der Waals surface area (Å²) in [6, 6.07) is 0. The molecule has 0 aromatic carbocycles. The first-order chi connectivity index (χ1) is 14.3. The Morgan fingerprint density at radius 3 is 2.53 bits per heavy atom. The average molecular weight is 445 g/mol. The van der Waals surface area contributed by atoms with Gasteiger partial charge in [0.1, 0.15) is 13.1 Å². The predicted molar refractivity (Wildman–Crippen MR) is 138 cm³/mol. The minimum Gasteiger partial charge on any atom is -0.299 e. The molecule has 1 saturated heterocycles. The largest absolute Gasteiger partial charge is 0.299 e. The molecule has 5 heteroatoms. The number of hydrogen-bond donors (Lipinski definition) is 2. The molecular formula is C25H43B2OS2. The molecule has 4 rings (SSSR count). The van der Waals surface area contributed by atoms with E-state index in [4.69, 9.17) is 33.1 Å². The summed E-state index contributed by atoms with van der Waals surface area (Å²) in [6.07, 6.45) is 12.4. The van der Waals surface area contributed by atoms with Crippen molar-refractivity contribution < 1.29 is 4.79 Å². The fraction of sp³-hybridized carbons (Fsp3) is 0.960. The Kier molecular flexibility index (Phi) is 8.53. The van der Waals surface area contributed by atoms with E-state index in [9.17, 15) is 4.79 Å². The van der Waals surface area contributed by atoms with Gasteiger partial charge in [-0.15, -0.1) is 0 Å². The highest BCUT2D eigenvalue weighted by atomic mass is 32.1. The predicted octanol–water partition coefficient (Wildman–Crippen LogP) is 6.65. The number of fused-ring (bicyclic) bond motifs is 5. The zero-order valence-electron chi connectivity index (χ0n) is 19.8. The summed E-state index contributed by atoms with van der Waals surface area (Å²) in [5, 5.41) is 0. The van der Waals surface area contributed by atoms with Gasteiger partial charge in [0.15, 0.2) is 0 Å². The maximum atomic E-state index is 13.1. The van der Waals surface area contributed by atoms with E-state index in [0.717, 1.165) is 37.9 Å². The molecule has 8 unspecified atom stereocenters. The Labute approximate surface area is 199 Å². The minimum atomic E-state index is -0.0790. The number of hydrogen-bond acceptors (Lipinski definition) is 3. The van der Waals surface area contributed by atoms with E-state index in [2.05, 4.69) is 21.1 Å². The molecule has 30 heavy (non-hydrogen) atoms. The van der Waals surface area contributed by atoms with Gasteiger partial charge >= 0.3 is 0 Å². The maximum absolute atomic E-state index is 13.1. The van der Waals surface area contributed by atoms with Gasteiger partial charge in [0.2, 0.25) is 0 Å². The van der Waals surface area contributed by atoms with Crippen molar-refractivity contribution in [2.24, 2.45) is 35.5 Å². The Balaban J connectivity index is 0.00000124. The normalized spacial score (nSPS) is 43.6. The van der Waals surface area contributed by atoms with Gasteiger partial charge in [0.25, 0.3) is 0 Å². The molecule has 0 spiro atoms. The Hall–Kier alpha value is 0.500. The summed E-state index contributed by atoms with van der Waals surface area (Å²) in [7, 11) is 9.26. The van der Waals surface area contributed by atoms with Crippen molar-refractivity contribution in [2.45, 2.75) is 113 Å². The van der Waals surface area contributed by atoms with Crippen molar-refractivity contribution in [2.75, 3.05) is 0 Å². The number of rotatable bonds is 5.